The maximum absolute atomic E-state index is 11.6. The van der Waals surface area contributed by atoms with Crippen LogP contribution >= 0.6 is 0 Å². The number of rotatable bonds is 4. The van der Waals surface area contributed by atoms with E-state index in [4.69, 9.17) is 4.74 Å². The summed E-state index contributed by atoms with van der Waals surface area (Å²) in [5, 5.41) is 0. The van der Waals surface area contributed by atoms with Crippen molar-refractivity contribution in [3.63, 3.8) is 0 Å². The van der Waals surface area contributed by atoms with Gasteiger partial charge in [-0.05, 0) is 23.6 Å². The Labute approximate surface area is 107 Å². The monoisotopic (exact) mass is 243 g/mol. The van der Waals surface area contributed by atoms with Gasteiger partial charge < -0.3 is 9.30 Å². The van der Waals surface area contributed by atoms with Gasteiger partial charge in [-0.25, -0.2) is 4.79 Å². The van der Waals surface area contributed by atoms with Gasteiger partial charge in [0.2, 0.25) is 0 Å². The topological polar surface area (TPSA) is 31.2 Å². The number of nitrogens with zero attached hydrogens (tertiary/aromatic N) is 1. The molecule has 1 unspecified atom stereocenters. The molecule has 3 heteroatoms. The van der Waals surface area contributed by atoms with Gasteiger partial charge in [0.05, 0.1) is 7.11 Å². The molecule has 0 fully saturated rings. The van der Waals surface area contributed by atoms with E-state index in [1.54, 1.807) is 6.07 Å². The summed E-state index contributed by atoms with van der Waals surface area (Å²) in [6, 6.07) is 13.9. The molecule has 0 saturated carbocycles. The van der Waals surface area contributed by atoms with Crippen molar-refractivity contribution in [2.45, 2.75) is 19.4 Å². The van der Waals surface area contributed by atoms with E-state index in [0.717, 1.165) is 6.54 Å². The largest absolute Gasteiger partial charge is 0.464 e. The average molecular weight is 243 g/mol. The Balaban J connectivity index is 2.15. The van der Waals surface area contributed by atoms with Crippen LogP contribution in [0.1, 0.15) is 28.9 Å². The number of hydrogen-bond donors (Lipinski definition) is 0. The first-order chi connectivity index (χ1) is 8.72. The van der Waals surface area contributed by atoms with Gasteiger partial charge in [-0.15, -0.1) is 0 Å². The molecule has 0 aliphatic rings. The number of carbonyl (C=O) groups excluding carboxylic acids is 1. The van der Waals surface area contributed by atoms with E-state index in [-0.39, 0.29) is 5.97 Å². The van der Waals surface area contributed by atoms with Crippen LogP contribution in [0.3, 0.4) is 0 Å². The van der Waals surface area contributed by atoms with Crippen LogP contribution in [0.2, 0.25) is 0 Å². The van der Waals surface area contributed by atoms with E-state index < -0.39 is 0 Å². The van der Waals surface area contributed by atoms with Gasteiger partial charge in [0.15, 0.2) is 0 Å². The molecule has 0 aliphatic heterocycles. The summed E-state index contributed by atoms with van der Waals surface area (Å²) in [6.07, 6.45) is 1.91. The molecule has 0 N–H and O–H groups in total. The first kappa shape index (κ1) is 12.4. The number of benzene rings is 1. The van der Waals surface area contributed by atoms with Gasteiger partial charge in [0.25, 0.3) is 0 Å². The van der Waals surface area contributed by atoms with Crippen LogP contribution in [-0.2, 0) is 11.3 Å². The number of methoxy groups -OCH3 is 1. The third-order valence-corrected chi connectivity index (χ3v) is 3.06. The van der Waals surface area contributed by atoms with E-state index in [9.17, 15) is 4.79 Å². The lowest BCUT2D eigenvalue weighted by Gasteiger charge is -2.14. The lowest BCUT2D eigenvalue weighted by molar-refractivity contribution is 0.0588. The van der Waals surface area contributed by atoms with Crippen molar-refractivity contribution in [3.8, 4) is 0 Å². The Morgan fingerprint density at radius 2 is 1.94 bits per heavy atom. The van der Waals surface area contributed by atoms with E-state index in [1.807, 2.05) is 35.0 Å². The number of ether oxygens (including phenoxy) is 1. The minimum Gasteiger partial charge on any atom is -0.464 e. The van der Waals surface area contributed by atoms with Crippen LogP contribution in [0.25, 0.3) is 0 Å². The zero-order valence-corrected chi connectivity index (χ0v) is 10.7. The fourth-order valence-corrected chi connectivity index (χ4v) is 2.05. The Hall–Kier alpha value is -2.03. The van der Waals surface area contributed by atoms with Gasteiger partial charge >= 0.3 is 5.97 Å². The molecule has 0 aliphatic carbocycles. The lowest BCUT2D eigenvalue weighted by Crippen LogP contribution is -2.13. The van der Waals surface area contributed by atoms with Crippen molar-refractivity contribution < 1.29 is 9.53 Å². The predicted molar refractivity (Wildman–Crippen MR) is 70.6 cm³/mol. The number of carbonyl (C=O) groups is 1. The molecule has 3 nitrogen and oxygen atoms in total. The molecule has 18 heavy (non-hydrogen) atoms. The second-order valence-corrected chi connectivity index (χ2v) is 4.35. The third kappa shape index (κ3) is 2.62. The predicted octanol–water partition coefficient (Wildman–Crippen LogP) is 3.08. The second-order valence-electron chi connectivity index (χ2n) is 4.35. The number of hydrogen-bond acceptors (Lipinski definition) is 2. The summed E-state index contributed by atoms with van der Waals surface area (Å²) in [7, 11) is 1.40. The summed E-state index contributed by atoms with van der Waals surface area (Å²) in [5.74, 6) is 0.0577. The first-order valence-corrected chi connectivity index (χ1v) is 6.00. The van der Waals surface area contributed by atoms with Crippen molar-refractivity contribution >= 4 is 5.97 Å². The SMILES string of the molecule is COC(=O)c1cccn1CC(C)c1ccccc1. The van der Waals surface area contributed by atoms with Gasteiger partial charge in [-0.3, -0.25) is 0 Å². The zero-order chi connectivity index (χ0) is 13.0. The molecule has 1 aromatic carbocycles. The average Bonchev–Trinajstić information content (AvgIpc) is 2.87. The van der Waals surface area contributed by atoms with Crippen LogP contribution in [0.4, 0.5) is 0 Å². The van der Waals surface area contributed by atoms with Crippen LogP contribution in [0.5, 0.6) is 0 Å². The third-order valence-electron chi connectivity index (χ3n) is 3.06. The van der Waals surface area contributed by atoms with E-state index in [0.29, 0.717) is 11.6 Å². The van der Waals surface area contributed by atoms with Crippen LogP contribution < -0.4 is 0 Å². The summed E-state index contributed by atoms with van der Waals surface area (Å²) in [6.45, 7) is 2.91. The van der Waals surface area contributed by atoms with E-state index in [1.165, 1.54) is 12.7 Å². The zero-order valence-electron chi connectivity index (χ0n) is 10.7. The molecule has 0 saturated heterocycles. The normalized spacial score (nSPS) is 12.1. The maximum atomic E-state index is 11.6. The van der Waals surface area contributed by atoms with Crippen LogP contribution in [0.15, 0.2) is 48.7 Å². The fraction of sp³-hybridized carbons (Fsp3) is 0.267. The smallest absolute Gasteiger partial charge is 0.354 e. The van der Waals surface area contributed by atoms with Gasteiger partial charge in [-0.1, -0.05) is 37.3 Å². The molecule has 0 radical (unpaired) electrons. The molecule has 2 rings (SSSR count). The van der Waals surface area contributed by atoms with Crippen molar-refractivity contribution in [1.82, 2.24) is 4.57 Å². The van der Waals surface area contributed by atoms with Crippen LogP contribution in [0, 0.1) is 0 Å². The second kappa shape index (κ2) is 5.54. The minimum absolute atomic E-state index is 0.291. The van der Waals surface area contributed by atoms with Crippen molar-refractivity contribution in [3.05, 3.63) is 59.9 Å². The Morgan fingerprint density at radius 1 is 1.22 bits per heavy atom. The Morgan fingerprint density at radius 3 is 2.61 bits per heavy atom. The summed E-state index contributed by atoms with van der Waals surface area (Å²) in [5.41, 5.74) is 1.86. The highest BCUT2D eigenvalue weighted by Crippen LogP contribution is 2.18. The first-order valence-electron chi connectivity index (χ1n) is 6.00. The Kier molecular flexibility index (Phi) is 3.82. The van der Waals surface area contributed by atoms with Gasteiger partial charge in [0, 0.05) is 12.7 Å². The highest BCUT2D eigenvalue weighted by molar-refractivity contribution is 5.87. The molecule has 1 atom stereocenters. The number of aromatic nitrogens is 1. The summed E-state index contributed by atoms with van der Waals surface area (Å²) in [4.78, 5) is 11.6. The summed E-state index contributed by atoms with van der Waals surface area (Å²) < 4.78 is 6.70. The highest BCUT2D eigenvalue weighted by Gasteiger charge is 2.13. The lowest BCUT2D eigenvalue weighted by atomic mass is 10.0. The van der Waals surface area contributed by atoms with E-state index in [2.05, 4.69) is 19.1 Å². The number of esters is 1. The molecule has 0 amide bonds. The minimum atomic E-state index is -0.291. The molecule has 0 bridgehead atoms. The Bertz CT molecular complexity index is 516. The van der Waals surface area contributed by atoms with Crippen LogP contribution in [-0.4, -0.2) is 17.6 Å². The molecule has 0 spiro atoms. The standard InChI is InChI=1S/C15H17NO2/c1-12(13-7-4-3-5-8-13)11-16-10-6-9-14(16)15(17)18-2/h3-10,12H,11H2,1-2H3. The molecular formula is C15H17NO2. The summed E-state index contributed by atoms with van der Waals surface area (Å²) >= 11 is 0. The molecule has 1 heterocycles. The highest BCUT2D eigenvalue weighted by atomic mass is 16.5. The van der Waals surface area contributed by atoms with Crippen molar-refractivity contribution in [1.29, 1.82) is 0 Å². The van der Waals surface area contributed by atoms with E-state index >= 15 is 0 Å². The van der Waals surface area contributed by atoms with Crippen molar-refractivity contribution in [2.75, 3.05) is 7.11 Å². The maximum Gasteiger partial charge on any atom is 0.354 e. The molecule has 2 aromatic rings. The molecule has 1 aromatic heterocycles. The van der Waals surface area contributed by atoms with Gasteiger partial charge in [-0.2, -0.15) is 0 Å². The quantitative estimate of drug-likeness (QED) is 0.773. The molecular weight excluding hydrogens is 226 g/mol. The van der Waals surface area contributed by atoms with Gasteiger partial charge in [0.1, 0.15) is 5.69 Å². The fourth-order valence-electron chi connectivity index (χ4n) is 2.05. The van der Waals surface area contributed by atoms with Crippen molar-refractivity contribution in [2.24, 2.45) is 0 Å². The molecule has 94 valence electrons.